The highest BCUT2D eigenvalue weighted by molar-refractivity contribution is 5.77. The second-order valence-electron chi connectivity index (χ2n) is 7.12. The topological polar surface area (TPSA) is 49.9 Å². The molecule has 0 spiro atoms. The van der Waals surface area contributed by atoms with Crippen molar-refractivity contribution in [2.24, 2.45) is 0 Å². The maximum Gasteiger partial charge on any atom is 0.410 e. The molecule has 1 atom stereocenters. The molecule has 0 aromatic heterocycles. The molecule has 2 aliphatic rings. The molecule has 5 nitrogen and oxygen atoms in total. The summed E-state index contributed by atoms with van der Waals surface area (Å²) in [5.41, 5.74) is -0.470. The van der Waals surface area contributed by atoms with Gasteiger partial charge in [-0.05, 0) is 46.5 Å². The Morgan fingerprint density at radius 2 is 1.90 bits per heavy atom. The Morgan fingerprint density at radius 3 is 2.62 bits per heavy atom. The molecule has 0 radical (unpaired) electrons. The Morgan fingerprint density at radius 1 is 1.14 bits per heavy atom. The van der Waals surface area contributed by atoms with Crippen LogP contribution in [0.1, 0.15) is 59.3 Å². The van der Waals surface area contributed by atoms with Gasteiger partial charge in [0.2, 0.25) is 5.91 Å². The van der Waals surface area contributed by atoms with Gasteiger partial charge in [0, 0.05) is 32.1 Å². The lowest BCUT2D eigenvalue weighted by atomic mass is 10.0. The fraction of sp³-hybridized carbons (Fsp3) is 0.875. The summed E-state index contributed by atoms with van der Waals surface area (Å²) in [7, 11) is 0. The average Bonchev–Trinajstić information content (AvgIpc) is 2.61. The van der Waals surface area contributed by atoms with Crippen LogP contribution in [-0.2, 0) is 9.53 Å². The van der Waals surface area contributed by atoms with Crippen molar-refractivity contribution in [3.63, 3.8) is 0 Å². The number of amides is 2. The first-order chi connectivity index (χ1) is 9.87. The number of nitrogens with zero attached hydrogens (tertiary/aromatic N) is 2. The van der Waals surface area contributed by atoms with E-state index in [0.29, 0.717) is 13.0 Å². The van der Waals surface area contributed by atoms with Gasteiger partial charge in [0.15, 0.2) is 0 Å². The van der Waals surface area contributed by atoms with Crippen LogP contribution in [0.15, 0.2) is 0 Å². The number of hydrogen-bond acceptors (Lipinski definition) is 3. The summed E-state index contributed by atoms with van der Waals surface area (Å²) >= 11 is 0. The zero-order chi connectivity index (χ0) is 15.5. The fourth-order valence-corrected chi connectivity index (χ4v) is 3.09. The van der Waals surface area contributed by atoms with Crippen LogP contribution in [0.3, 0.4) is 0 Å². The predicted octanol–water partition coefficient (Wildman–Crippen LogP) is 2.79. The van der Waals surface area contributed by atoms with Crippen LogP contribution in [0.2, 0.25) is 0 Å². The lowest BCUT2D eigenvalue weighted by molar-refractivity contribution is -0.134. The van der Waals surface area contributed by atoms with Crippen LogP contribution in [0, 0.1) is 0 Å². The molecular weight excluding hydrogens is 268 g/mol. The molecule has 21 heavy (non-hydrogen) atoms. The number of carbonyl (C=O) groups excluding carboxylic acids is 2. The van der Waals surface area contributed by atoms with E-state index < -0.39 is 5.60 Å². The Hall–Kier alpha value is -1.26. The van der Waals surface area contributed by atoms with Crippen LogP contribution in [0.5, 0.6) is 0 Å². The lowest BCUT2D eigenvalue weighted by Gasteiger charge is -2.39. The molecule has 2 saturated heterocycles. The third kappa shape index (κ3) is 4.61. The van der Waals surface area contributed by atoms with Gasteiger partial charge in [-0.3, -0.25) is 4.79 Å². The van der Waals surface area contributed by atoms with Gasteiger partial charge in [-0.2, -0.15) is 0 Å². The largest absolute Gasteiger partial charge is 0.444 e. The molecule has 0 saturated carbocycles. The Balaban J connectivity index is 1.96. The molecule has 0 aromatic carbocycles. The van der Waals surface area contributed by atoms with Crippen LogP contribution in [-0.4, -0.2) is 53.1 Å². The van der Waals surface area contributed by atoms with Gasteiger partial charge in [0.25, 0.3) is 0 Å². The number of likely N-dealkylation sites (tertiary alicyclic amines) is 2. The van der Waals surface area contributed by atoms with Gasteiger partial charge >= 0.3 is 6.09 Å². The molecule has 0 unspecified atom stereocenters. The van der Waals surface area contributed by atoms with Crippen molar-refractivity contribution in [3.05, 3.63) is 0 Å². The second kappa shape index (κ2) is 6.67. The summed E-state index contributed by atoms with van der Waals surface area (Å²) in [5, 5.41) is 0. The quantitative estimate of drug-likeness (QED) is 0.747. The zero-order valence-electron chi connectivity index (χ0n) is 13.6. The summed E-state index contributed by atoms with van der Waals surface area (Å²) in [5.74, 6) is 0.253. The normalized spacial score (nSPS) is 24.7. The molecule has 0 aliphatic carbocycles. The molecule has 120 valence electrons. The SMILES string of the molecule is CC(C)(C)OC(=O)N1CCC[C@@H](N2CCCCCC2=O)C1. The number of piperidine rings is 1. The van der Waals surface area contributed by atoms with E-state index in [1.165, 1.54) is 0 Å². The van der Waals surface area contributed by atoms with Gasteiger partial charge < -0.3 is 14.5 Å². The van der Waals surface area contributed by atoms with E-state index in [-0.39, 0.29) is 18.0 Å². The minimum atomic E-state index is -0.470. The van der Waals surface area contributed by atoms with Crippen LogP contribution >= 0.6 is 0 Å². The molecular formula is C16H28N2O3. The van der Waals surface area contributed by atoms with E-state index in [4.69, 9.17) is 4.74 Å². The van der Waals surface area contributed by atoms with Gasteiger partial charge in [0.05, 0.1) is 0 Å². The maximum absolute atomic E-state index is 12.2. The Bertz CT molecular complexity index is 389. The summed E-state index contributed by atoms with van der Waals surface area (Å²) in [4.78, 5) is 28.2. The van der Waals surface area contributed by atoms with E-state index in [0.717, 1.165) is 45.2 Å². The van der Waals surface area contributed by atoms with E-state index >= 15 is 0 Å². The monoisotopic (exact) mass is 296 g/mol. The first kappa shape index (κ1) is 16.1. The number of hydrogen-bond donors (Lipinski definition) is 0. The summed E-state index contributed by atoms with van der Waals surface area (Å²) < 4.78 is 5.45. The number of ether oxygens (including phenoxy) is 1. The minimum Gasteiger partial charge on any atom is -0.444 e. The third-order valence-corrected chi connectivity index (χ3v) is 4.10. The van der Waals surface area contributed by atoms with Crippen molar-refractivity contribution in [1.29, 1.82) is 0 Å². The van der Waals surface area contributed by atoms with Gasteiger partial charge in [-0.25, -0.2) is 4.79 Å². The van der Waals surface area contributed by atoms with Crippen molar-refractivity contribution in [2.45, 2.75) is 70.9 Å². The van der Waals surface area contributed by atoms with E-state index in [1.807, 2.05) is 25.7 Å². The first-order valence-electron chi connectivity index (χ1n) is 8.14. The maximum atomic E-state index is 12.2. The number of rotatable bonds is 1. The van der Waals surface area contributed by atoms with E-state index in [9.17, 15) is 9.59 Å². The molecule has 2 fully saturated rings. The smallest absolute Gasteiger partial charge is 0.410 e. The highest BCUT2D eigenvalue weighted by Crippen LogP contribution is 2.22. The number of carbonyl (C=O) groups is 2. The minimum absolute atomic E-state index is 0.164. The lowest BCUT2D eigenvalue weighted by Crippen LogP contribution is -2.52. The molecule has 0 N–H and O–H groups in total. The van der Waals surface area contributed by atoms with Crippen molar-refractivity contribution in [3.8, 4) is 0 Å². The van der Waals surface area contributed by atoms with Crippen molar-refractivity contribution in [1.82, 2.24) is 9.80 Å². The average molecular weight is 296 g/mol. The van der Waals surface area contributed by atoms with Crippen molar-refractivity contribution >= 4 is 12.0 Å². The molecule has 5 heteroatoms. The highest BCUT2D eigenvalue weighted by atomic mass is 16.6. The van der Waals surface area contributed by atoms with Crippen LogP contribution in [0.4, 0.5) is 4.79 Å². The predicted molar refractivity (Wildman–Crippen MR) is 81.0 cm³/mol. The van der Waals surface area contributed by atoms with Gasteiger partial charge in [-0.1, -0.05) is 6.42 Å². The van der Waals surface area contributed by atoms with Crippen molar-refractivity contribution < 1.29 is 14.3 Å². The standard InChI is InChI=1S/C16H28N2O3/c1-16(2,3)21-15(20)17-10-7-8-13(12-17)18-11-6-4-5-9-14(18)19/h13H,4-12H2,1-3H3/t13-/m1/s1. The van der Waals surface area contributed by atoms with Gasteiger partial charge in [-0.15, -0.1) is 0 Å². The molecule has 2 heterocycles. The van der Waals surface area contributed by atoms with Crippen molar-refractivity contribution in [2.75, 3.05) is 19.6 Å². The zero-order valence-corrected chi connectivity index (χ0v) is 13.6. The molecule has 0 aromatic rings. The second-order valence-corrected chi connectivity index (χ2v) is 7.12. The van der Waals surface area contributed by atoms with E-state index in [2.05, 4.69) is 0 Å². The molecule has 2 aliphatic heterocycles. The fourth-order valence-electron chi connectivity index (χ4n) is 3.09. The van der Waals surface area contributed by atoms with E-state index in [1.54, 1.807) is 4.90 Å². The Kier molecular flexibility index (Phi) is 5.12. The summed E-state index contributed by atoms with van der Waals surface area (Å²) in [6, 6.07) is 0.164. The summed E-state index contributed by atoms with van der Waals surface area (Å²) in [6.45, 7) is 7.82. The van der Waals surface area contributed by atoms with Crippen LogP contribution in [0.25, 0.3) is 0 Å². The molecule has 0 bridgehead atoms. The highest BCUT2D eigenvalue weighted by Gasteiger charge is 2.32. The molecule has 2 rings (SSSR count). The molecule has 2 amide bonds. The summed E-state index contributed by atoms with van der Waals surface area (Å²) in [6.07, 6.45) is 5.54. The van der Waals surface area contributed by atoms with Gasteiger partial charge in [0.1, 0.15) is 5.60 Å². The third-order valence-electron chi connectivity index (χ3n) is 4.10. The Labute approximate surface area is 127 Å². The van der Waals surface area contributed by atoms with Crippen LogP contribution < -0.4 is 0 Å². The first-order valence-corrected chi connectivity index (χ1v) is 8.14.